The number of carboxylic acids is 1. The van der Waals surface area contributed by atoms with Crippen LogP contribution in [0.3, 0.4) is 0 Å². The zero-order valence-electron chi connectivity index (χ0n) is 11.7. The van der Waals surface area contributed by atoms with Crippen LogP contribution in [0, 0.1) is 17.8 Å². The molecule has 2 amide bonds. The Labute approximate surface area is 118 Å². The molecule has 110 valence electrons. The van der Waals surface area contributed by atoms with Gasteiger partial charge in [0.15, 0.2) is 0 Å². The molecule has 5 nitrogen and oxygen atoms in total. The average molecular weight is 278 g/mol. The predicted molar refractivity (Wildman–Crippen MR) is 72.2 cm³/mol. The van der Waals surface area contributed by atoms with Gasteiger partial charge in [-0.15, -0.1) is 0 Å². The van der Waals surface area contributed by atoms with E-state index in [0.717, 1.165) is 38.6 Å². The van der Waals surface area contributed by atoms with E-state index in [-0.39, 0.29) is 11.9 Å². The first-order valence-corrected chi connectivity index (χ1v) is 7.95. The Balaban J connectivity index is 1.55. The quantitative estimate of drug-likeness (QED) is 0.795. The molecule has 0 radical (unpaired) electrons. The minimum Gasteiger partial charge on any atom is -0.480 e. The third-order valence-electron chi connectivity index (χ3n) is 6.04. The van der Waals surface area contributed by atoms with Crippen LogP contribution in [0.15, 0.2) is 0 Å². The van der Waals surface area contributed by atoms with Crippen molar-refractivity contribution in [3.05, 3.63) is 0 Å². The number of likely N-dealkylation sites (tertiary alicyclic amines) is 2. The van der Waals surface area contributed by atoms with Gasteiger partial charge in [0.05, 0.1) is 0 Å². The molecular weight excluding hydrogens is 256 g/mol. The van der Waals surface area contributed by atoms with E-state index in [0.29, 0.717) is 24.4 Å². The monoisotopic (exact) mass is 278 g/mol. The van der Waals surface area contributed by atoms with Crippen LogP contribution in [-0.4, -0.2) is 52.1 Å². The number of carboxylic acid groups (broad SMARTS) is 1. The van der Waals surface area contributed by atoms with Gasteiger partial charge in [-0.25, -0.2) is 9.59 Å². The summed E-state index contributed by atoms with van der Waals surface area (Å²) in [6.45, 7) is 1.51. The summed E-state index contributed by atoms with van der Waals surface area (Å²) in [6.07, 6.45) is 6.65. The van der Waals surface area contributed by atoms with E-state index in [9.17, 15) is 14.7 Å². The van der Waals surface area contributed by atoms with Gasteiger partial charge >= 0.3 is 12.0 Å². The van der Waals surface area contributed by atoms with Gasteiger partial charge in [0.25, 0.3) is 0 Å². The summed E-state index contributed by atoms with van der Waals surface area (Å²) in [6, 6.07) is -0.199. The highest BCUT2D eigenvalue weighted by atomic mass is 16.4. The fourth-order valence-corrected chi connectivity index (χ4v) is 5.14. The molecule has 5 unspecified atom stereocenters. The lowest BCUT2D eigenvalue weighted by Crippen LogP contribution is -2.51. The number of aliphatic carboxylic acids is 1. The maximum absolute atomic E-state index is 12.8. The van der Waals surface area contributed by atoms with Crippen LogP contribution in [0.25, 0.3) is 0 Å². The van der Waals surface area contributed by atoms with Gasteiger partial charge in [0.2, 0.25) is 0 Å². The normalized spacial score (nSPS) is 42.3. The summed E-state index contributed by atoms with van der Waals surface area (Å²) in [5.74, 6) is 0.461. The van der Waals surface area contributed by atoms with Crippen LogP contribution in [0.4, 0.5) is 4.79 Å². The van der Waals surface area contributed by atoms with Crippen LogP contribution < -0.4 is 0 Å². The van der Waals surface area contributed by atoms with Gasteiger partial charge in [0, 0.05) is 19.1 Å². The molecule has 4 aliphatic rings. The maximum atomic E-state index is 12.8. The van der Waals surface area contributed by atoms with Crippen molar-refractivity contribution in [2.45, 2.75) is 50.6 Å². The molecular formula is C15H22N2O3. The molecule has 0 aromatic heterocycles. The summed E-state index contributed by atoms with van der Waals surface area (Å²) in [5, 5.41) is 9.54. The highest BCUT2D eigenvalue weighted by Gasteiger charge is 2.52. The molecule has 2 heterocycles. The SMILES string of the molecule is O=C(O)C1C2CCCC2CN1C(=O)N1CC2CCC1C2. The first-order chi connectivity index (χ1) is 9.65. The smallest absolute Gasteiger partial charge is 0.326 e. The van der Waals surface area contributed by atoms with E-state index in [2.05, 4.69) is 0 Å². The van der Waals surface area contributed by atoms with Crippen molar-refractivity contribution in [1.29, 1.82) is 0 Å². The second kappa shape index (κ2) is 4.37. The molecule has 0 aromatic carbocycles. The third-order valence-corrected chi connectivity index (χ3v) is 6.04. The van der Waals surface area contributed by atoms with Crippen molar-refractivity contribution in [2.75, 3.05) is 13.1 Å². The zero-order valence-corrected chi connectivity index (χ0v) is 11.7. The molecule has 5 atom stereocenters. The number of fused-ring (bicyclic) bond motifs is 3. The molecule has 4 rings (SSSR count). The average Bonchev–Trinajstić information content (AvgIpc) is 3.15. The maximum Gasteiger partial charge on any atom is 0.326 e. The molecule has 2 aliphatic carbocycles. The summed E-state index contributed by atoms with van der Waals surface area (Å²) < 4.78 is 0. The van der Waals surface area contributed by atoms with Crippen LogP contribution in [0.5, 0.6) is 0 Å². The highest BCUT2D eigenvalue weighted by molar-refractivity contribution is 5.84. The number of rotatable bonds is 1. The zero-order chi connectivity index (χ0) is 13.9. The molecule has 2 aliphatic heterocycles. The molecule has 2 bridgehead atoms. The van der Waals surface area contributed by atoms with Gasteiger partial charge in [-0.3, -0.25) is 0 Å². The van der Waals surface area contributed by atoms with Crippen molar-refractivity contribution in [3.63, 3.8) is 0 Å². The lowest BCUT2D eigenvalue weighted by atomic mass is 9.94. The largest absolute Gasteiger partial charge is 0.480 e. The summed E-state index contributed by atoms with van der Waals surface area (Å²) >= 11 is 0. The minimum atomic E-state index is -0.808. The molecule has 0 spiro atoms. The second-order valence-electron chi connectivity index (χ2n) is 7.06. The lowest BCUT2D eigenvalue weighted by molar-refractivity contribution is -0.142. The summed E-state index contributed by atoms with van der Waals surface area (Å²) in [7, 11) is 0. The molecule has 0 aromatic rings. The molecule has 1 N–H and O–H groups in total. The number of piperidine rings is 1. The number of urea groups is 1. The number of nitrogens with zero attached hydrogens (tertiary/aromatic N) is 2. The number of hydrogen-bond donors (Lipinski definition) is 1. The van der Waals surface area contributed by atoms with Crippen LogP contribution in [-0.2, 0) is 4.79 Å². The van der Waals surface area contributed by atoms with Crippen molar-refractivity contribution in [3.8, 4) is 0 Å². The first-order valence-electron chi connectivity index (χ1n) is 7.95. The molecule has 2 saturated carbocycles. The van der Waals surface area contributed by atoms with Crippen LogP contribution in [0.2, 0.25) is 0 Å². The Morgan fingerprint density at radius 2 is 1.85 bits per heavy atom. The number of hydrogen-bond acceptors (Lipinski definition) is 2. The molecule has 20 heavy (non-hydrogen) atoms. The van der Waals surface area contributed by atoms with Gasteiger partial charge in [0.1, 0.15) is 6.04 Å². The van der Waals surface area contributed by atoms with E-state index >= 15 is 0 Å². The molecule has 4 fully saturated rings. The van der Waals surface area contributed by atoms with E-state index < -0.39 is 12.0 Å². The van der Waals surface area contributed by atoms with E-state index in [1.165, 1.54) is 6.42 Å². The number of amides is 2. The van der Waals surface area contributed by atoms with Crippen molar-refractivity contribution >= 4 is 12.0 Å². The Morgan fingerprint density at radius 1 is 1.00 bits per heavy atom. The highest BCUT2D eigenvalue weighted by Crippen LogP contribution is 2.44. The van der Waals surface area contributed by atoms with E-state index in [1.54, 1.807) is 4.90 Å². The fourth-order valence-electron chi connectivity index (χ4n) is 5.14. The Hall–Kier alpha value is -1.26. The van der Waals surface area contributed by atoms with Gasteiger partial charge in [-0.1, -0.05) is 6.42 Å². The first kappa shape index (κ1) is 12.5. The summed E-state index contributed by atoms with van der Waals surface area (Å²) in [5.41, 5.74) is 0. The van der Waals surface area contributed by atoms with Crippen molar-refractivity contribution in [2.24, 2.45) is 17.8 Å². The predicted octanol–water partition coefficient (Wildman–Crippen LogP) is 1.78. The second-order valence-corrected chi connectivity index (χ2v) is 7.06. The number of carbonyl (C=O) groups is 2. The Bertz CT molecular complexity index is 452. The Morgan fingerprint density at radius 3 is 2.50 bits per heavy atom. The van der Waals surface area contributed by atoms with Gasteiger partial charge in [-0.05, 0) is 49.9 Å². The minimum absolute atomic E-state index is 0.000926. The fraction of sp³-hybridized carbons (Fsp3) is 0.867. The standard InChI is InChI=1S/C15H22N2O3/c18-14(19)13-12-3-1-2-10(12)8-17(13)15(20)16-7-9-4-5-11(16)6-9/h9-13H,1-8H2,(H,18,19). The number of carbonyl (C=O) groups excluding carboxylic acids is 1. The van der Waals surface area contributed by atoms with E-state index in [4.69, 9.17) is 0 Å². The third kappa shape index (κ3) is 1.68. The van der Waals surface area contributed by atoms with Crippen LogP contribution >= 0.6 is 0 Å². The van der Waals surface area contributed by atoms with Crippen molar-refractivity contribution in [1.82, 2.24) is 9.80 Å². The van der Waals surface area contributed by atoms with E-state index in [1.807, 2.05) is 4.90 Å². The summed E-state index contributed by atoms with van der Waals surface area (Å²) in [4.78, 5) is 28.0. The van der Waals surface area contributed by atoms with Gasteiger partial charge in [-0.2, -0.15) is 0 Å². The topological polar surface area (TPSA) is 60.9 Å². The van der Waals surface area contributed by atoms with Gasteiger partial charge < -0.3 is 14.9 Å². The lowest BCUT2D eigenvalue weighted by Gasteiger charge is -2.34. The molecule has 2 saturated heterocycles. The molecule has 5 heteroatoms. The Kier molecular flexibility index (Phi) is 2.72. The van der Waals surface area contributed by atoms with Crippen molar-refractivity contribution < 1.29 is 14.7 Å². The van der Waals surface area contributed by atoms with Crippen LogP contribution in [0.1, 0.15) is 38.5 Å².